The average molecular weight is 315 g/mol. The second-order valence-corrected chi connectivity index (χ2v) is 6.84. The molecule has 1 fully saturated rings. The minimum Gasteiger partial charge on any atom is -0.343 e. The van der Waals surface area contributed by atoms with Crippen molar-refractivity contribution in [3.05, 3.63) is 21.3 Å². The highest BCUT2D eigenvalue weighted by atomic mass is 35.5. The summed E-state index contributed by atoms with van der Waals surface area (Å²) in [6, 6.07) is 2.74. The molecule has 1 N–H and O–H groups in total. The largest absolute Gasteiger partial charge is 0.343 e. The number of hydrogen-bond donors (Lipinski definition) is 1. The lowest BCUT2D eigenvalue weighted by atomic mass is 10.0. The van der Waals surface area contributed by atoms with Gasteiger partial charge in [-0.05, 0) is 32.4 Å². The Bertz CT molecular complexity index is 517. The van der Waals surface area contributed by atoms with Crippen LogP contribution in [-0.4, -0.2) is 28.8 Å². The van der Waals surface area contributed by atoms with Crippen LogP contribution in [0.1, 0.15) is 44.5 Å². The van der Waals surface area contributed by atoms with Crippen molar-refractivity contribution >= 4 is 34.8 Å². The van der Waals surface area contributed by atoms with Gasteiger partial charge >= 0.3 is 0 Å². The van der Waals surface area contributed by atoms with Crippen LogP contribution in [0.3, 0.4) is 0 Å². The van der Waals surface area contributed by atoms with Crippen molar-refractivity contribution in [1.29, 1.82) is 0 Å². The molecule has 1 saturated heterocycles. The van der Waals surface area contributed by atoms with E-state index in [4.69, 9.17) is 11.6 Å². The number of nitrogens with one attached hydrogen (secondary N) is 1. The number of thiophene rings is 1. The monoisotopic (exact) mass is 314 g/mol. The standard InChI is InChI=1S/C14H19ClN2O2S/c1-4-5-10-14(19)17(9(3)13(18)16-10)8(2)11-6-7-12(15)20-11/h6-10H,4-5H2,1-3H3,(H,16,18). The van der Waals surface area contributed by atoms with E-state index in [2.05, 4.69) is 5.32 Å². The maximum absolute atomic E-state index is 12.6. The van der Waals surface area contributed by atoms with Gasteiger partial charge in [0.05, 0.1) is 10.4 Å². The Balaban J connectivity index is 2.26. The van der Waals surface area contributed by atoms with E-state index < -0.39 is 12.1 Å². The Morgan fingerprint density at radius 1 is 1.45 bits per heavy atom. The van der Waals surface area contributed by atoms with Crippen LogP contribution in [0.5, 0.6) is 0 Å². The molecule has 4 nitrogen and oxygen atoms in total. The van der Waals surface area contributed by atoms with Gasteiger partial charge in [-0.15, -0.1) is 11.3 Å². The van der Waals surface area contributed by atoms with Gasteiger partial charge in [0.2, 0.25) is 11.8 Å². The first kappa shape index (κ1) is 15.3. The van der Waals surface area contributed by atoms with Crippen molar-refractivity contribution in [1.82, 2.24) is 10.2 Å². The number of piperazine rings is 1. The highest BCUT2D eigenvalue weighted by molar-refractivity contribution is 7.16. The van der Waals surface area contributed by atoms with Crippen LogP contribution in [0.15, 0.2) is 12.1 Å². The van der Waals surface area contributed by atoms with Gasteiger partial charge in [-0.3, -0.25) is 9.59 Å². The normalized spacial score (nSPS) is 24.7. The van der Waals surface area contributed by atoms with E-state index in [-0.39, 0.29) is 17.9 Å². The Hall–Kier alpha value is -1.07. The number of amides is 2. The molecule has 6 heteroatoms. The number of halogens is 1. The lowest BCUT2D eigenvalue weighted by Crippen LogP contribution is -2.62. The molecule has 0 bridgehead atoms. The Morgan fingerprint density at radius 3 is 2.70 bits per heavy atom. The predicted molar refractivity (Wildman–Crippen MR) is 80.9 cm³/mol. The summed E-state index contributed by atoms with van der Waals surface area (Å²) in [6.07, 6.45) is 1.53. The van der Waals surface area contributed by atoms with Crippen molar-refractivity contribution in [3.8, 4) is 0 Å². The van der Waals surface area contributed by atoms with E-state index >= 15 is 0 Å². The van der Waals surface area contributed by atoms with Gasteiger partial charge in [0.25, 0.3) is 0 Å². The molecule has 1 aromatic heterocycles. The molecular weight excluding hydrogens is 296 g/mol. The Kier molecular flexibility index (Phi) is 4.70. The highest BCUT2D eigenvalue weighted by Crippen LogP contribution is 2.33. The van der Waals surface area contributed by atoms with Crippen molar-refractivity contribution in [3.63, 3.8) is 0 Å². The Morgan fingerprint density at radius 2 is 2.15 bits per heavy atom. The molecule has 0 aliphatic carbocycles. The molecule has 20 heavy (non-hydrogen) atoms. The third kappa shape index (κ3) is 2.83. The summed E-state index contributed by atoms with van der Waals surface area (Å²) in [5.41, 5.74) is 0. The molecule has 0 radical (unpaired) electrons. The summed E-state index contributed by atoms with van der Waals surface area (Å²) in [7, 11) is 0. The number of rotatable bonds is 4. The van der Waals surface area contributed by atoms with Crippen LogP contribution in [0, 0.1) is 0 Å². The molecule has 3 unspecified atom stereocenters. The van der Waals surface area contributed by atoms with Gasteiger partial charge in [0, 0.05) is 4.88 Å². The second kappa shape index (κ2) is 6.14. The van der Waals surface area contributed by atoms with Crippen LogP contribution >= 0.6 is 22.9 Å². The molecule has 3 atom stereocenters. The van der Waals surface area contributed by atoms with Crippen molar-refractivity contribution in [2.45, 2.75) is 51.7 Å². The van der Waals surface area contributed by atoms with Crippen molar-refractivity contribution < 1.29 is 9.59 Å². The molecule has 1 aromatic rings. The van der Waals surface area contributed by atoms with Crippen LogP contribution in [0.25, 0.3) is 0 Å². The molecule has 2 rings (SSSR count). The summed E-state index contributed by atoms with van der Waals surface area (Å²) in [5, 5.41) is 2.81. The molecule has 0 aromatic carbocycles. The van der Waals surface area contributed by atoms with Gasteiger partial charge in [0.1, 0.15) is 12.1 Å². The smallest absolute Gasteiger partial charge is 0.246 e. The van der Waals surface area contributed by atoms with Crippen LogP contribution in [-0.2, 0) is 9.59 Å². The van der Waals surface area contributed by atoms with E-state index in [1.165, 1.54) is 11.3 Å². The first-order chi connectivity index (χ1) is 9.45. The molecule has 2 heterocycles. The topological polar surface area (TPSA) is 49.4 Å². The SMILES string of the molecule is CCCC1NC(=O)C(C)N(C(C)c2ccc(Cl)s2)C1=O. The van der Waals surface area contributed by atoms with E-state index in [0.717, 1.165) is 11.3 Å². The summed E-state index contributed by atoms with van der Waals surface area (Å²) in [4.78, 5) is 27.3. The molecule has 2 amide bonds. The fourth-order valence-electron chi connectivity index (χ4n) is 2.55. The Labute approximate surface area is 128 Å². The molecule has 0 spiro atoms. The van der Waals surface area contributed by atoms with Gasteiger partial charge in [-0.1, -0.05) is 24.9 Å². The lowest BCUT2D eigenvalue weighted by Gasteiger charge is -2.40. The van der Waals surface area contributed by atoms with Crippen molar-refractivity contribution in [2.75, 3.05) is 0 Å². The second-order valence-electron chi connectivity index (χ2n) is 5.09. The third-order valence-electron chi connectivity index (χ3n) is 3.67. The maximum Gasteiger partial charge on any atom is 0.246 e. The molecule has 1 aliphatic rings. The van der Waals surface area contributed by atoms with E-state index in [0.29, 0.717) is 10.8 Å². The van der Waals surface area contributed by atoms with Crippen LogP contribution < -0.4 is 5.32 Å². The first-order valence-corrected chi connectivity index (χ1v) is 8.03. The van der Waals surface area contributed by atoms with Gasteiger partial charge in [0.15, 0.2) is 0 Å². The summed E-state index contributed by atoms with van der Waals surface area (Å²) in [6.45, 7) is 5.71. The maximum atomic E-state index is 12.6. The minimum atomic E-state index is -0.452. The van der Waals surface area contributed by atoms with Crippen LogP contribution in [0.4, 0.5) is 0 Å². The molecule has 0 saturated carbocycles. The average Bonchev–Trinajstić information content (AvgIpc) is 2.83. The first-order valence-electron chi connectivity index (χ1n) is 6.83. The van der Waals surface area contributed by atoms with E-state index in [1.807, 2.05) is 26.0 Å². The zero-order valence-corrected chi connectivity index (χ0v) is 13.4. The summed E-state index contributed by atoms with van der Waals surface area (Å²) in [5.74, 6) is -0.0893. The fourth-order valence-corrected chi connectivity index (χ4v) is 3.66. The molecule has 1 aliphatic heterocycles. The van der Waals surface area contributed by atoms with Crippen LogP contribution in [0.2, 0.25) is 4.34 Å². The van der Waals surface area contributed by atoms with Crippen molar-refractivity contribution in [2.24, 2.45) is 0 Å². The summed E-state index contributed by atoms with van der Waals surface area (Å²) >= 11 is 7.41. The molecular formula is C14H19ClN2O2S. The third-order valence-corrected chi connectivity index (χ3v) is 5.07. The number of carbonyl (C=O) groups is 2. The zero-order valence-electron chi connectivity index (χ0n) is 11.9. The number of hydrogen-bond acceptors (Lipinski definition) is 3. The molecule has 110 valence electrons. The minimum absolute atomic E-state index is 0.00373. The quantitative estimate of drug-likeness (QED) is 0.929. The number of carbonyl (C=O) groups excluding carboxylic acids is 2. The van der Waals surface area contributed by atoms with E-state index in [9.17, 15) is 9.59 Å². The predicted octanol–water partition coefficient (Wildman–Crippen LogP) is 2.98. The highest BCUT2D eigenvalue weighted by Gasteiger charge is 2.40. The van der Waals surface area contributed by atoms with Gasteiger partial charge < -0.3 is 10.2 Å². The summed E-state index contributed by atoms with van der Waals surface area (Å²) < 4.78 is 0.693. The van der Waals surface area contributed by atoms with Gasteiger partial charge in [-0.2, -0.15) is 0 Å². The zero-order chi connectivity index (χ0) is 14.9. The van der Waals surface area contributed by atoms with E-state index in [1.54, 1.807) is 11.8 Å². The lowest BCUT2D eigenvalue weighted by molar-refractivity contribution is -0.151. The fraction of sp³-hybridized carbons (Fsp3) is 0.571. The number of nitrogens with zero attached hydrogens (tertiary/aromatic N) is 1. The van der Waals surface area contributed by atoms with Gasteiger partial charge in [-0.25, -0.2) is 0 Å².